The molecule has 3 amide bonds. The summed E-state index contributed by atoms with van der Waals surface area (Å²) in [6, 6.07) is 32.4. The monoisotopic (exact) mass is 492 g/mol. The molecule has 7 heteroatoms. The predicted molar refractivity (Wildman–Crippen MR) is 147 cm³/mol. The lowest BCUT2D eigenvalue weighted by atomic mass is 10.1. The van der Waals surface area contributed by atoms with E-state index in [0.29, 0.717) is 28.2 Å². The first kappa shape index (κ1) is 25.2. The molecule has 0 aromatic heterocycles. The number of nitrogens with one attached hydrogen (secondary N) is 4. The van der Waals surface area contributed by atoms with Crippen molar-refractivity contribution in [2.24, 2.45) is 0 Å². The highest BCUT2D eigenvalue weighted by molar-refractivity contribution is 6.04. The number of amides is 3. The van der Waals surface area contributed by atoms with Gasteiger partial charge in [-0.2, -0.15) is 0 Å². The Morgan fingerprint density at radius 3 is 1.95 bits per heavy atom. The van der Waals surface area contributed by atoms with Crippen LogP contribution in [0.5, 0.6) is 0 Å². The van der Waals surface area contributed by atoms with Gasteiger partial charge in [0.1, 0.15) is 0 Å². The molecule has 4 aromatic carbocycles. The van der Waals surface area contributed by atoms with Gasteiger partial charge < -0.3 is 21.3 Å². The van der Waals surface area contributed by atoms with Gasteiger partial charge in [-0.05, 0) is 61.0 Å². The first-order chi connectivity index (χ1) is 18.0. The lowest BCUT2D eigenvalue weighted by molar-refractivity contribution is -0.114. The van der Waals surface area contributed by atoms with Gasteiger partial charge in [-0.1, -0.05) is 60.7 Å². The second kappa shape index (κ2) is 12.2. The standard InChI is InChI=1S/C30H28N4O3/c1-21(22-10-4-2-5-11-22)32-30(37)24-14-8-16-26(18-24)33-28(35)20-31-25-15-9-17-27(19-25)34-29(36)23-12-6-3-7-13-23/h2-19,21,31H,20H2,1H3,(H,32,37)(H,33,35)(H,34,36). The fraction of sp³-hybridized carbons (Fsp3) is 0.100. The smallest absolute Gasteiger partial charge is 0.255 e. The highest BCUT2D eigenvalue weighted by Crippen LogP contribution is 2.17. The molecule has 1 unspecified atom stereocenters. The van der Waals surface area contributed by atoms with Crippen molar-refractivity contribution in [2.75, 3.05) is 22.5 Å². The molecule has 7 nitrogen and oxygen atoms in total. The molecular formula is C30H28N4O3. The average Bonchev–Trinajstić information content (AvgIpc) is 2.93. The van der Waals surface area contributed by atoms with Gasteiger partial charge in [0.15, 0.2) is 0 Å². The molecule has 1 atom stereocenters. The summed E-state index contributed by atoms with van der Waals surface area (Å²) >= 11 is 0. The Morgan fingerprint density at radius 1 is 0.622 bits per heavy atom. The first-order valence-electron chi connectivity index (χ1n) is 11.9. The summed E-state index contributed by atoms with van der Waals surface area (Å²) < 4.78 is 0. The zero-order valence-corrected chi connectivity index (χ0v) is 20.4. The van der Waals surface area contributed by atoms with Gasteiger partial charge in [-0.3, -0.25) is 14.4 Å². The minimum absolute atomic E-state index is 0.0115. The van der Waals surface area contributed by atoms with Crippen molar-refractivity contribution < 1.29 is 14.4 Å². The van der Waals surface area contributed by atoms with Crippen LogP contribution in [0.2, 0.25) is 0 Å². The van der Waals surface area contributed by atoms with Crippen LogP contribution < -0.4 is 21.3 Å². The maximum atomic E-state index is 12.7. The average molecular weight is 493 g/mol. The van der Waals surface area contributed by atoms with E-state index in [1.807, 2.05) is 49.4 Å². The third kappa shape index (κ3) is 7.29. The largest absolute Gasteiger partial charge is 0.376 e. The summed E-state index contributed by atoms with van der Waals surface area (Å²) in [5.74, 6) is -0.702. The van der Waals surface area contributed by atoms with Crippen LogP contribution in [0.25, 0.3) is 0 Å². The minimum Gasteiger partial charge on any atom is -0.376 e. The fourth-order valence-electron chi connectivity index (χ4n) is 3.73. The number of carbonyl (C=O) groups excluding carboxylic acids is 3. The van der Waals surface area contributed by atoms with E-state index in [0.717, 1.165) is 5.56 Å². The Morgan fingerprint density at radius 2 is 1.22 bits per heavy atom. The van der Waals surface area contributed by atoms with Gasteiger partial charge in [0.2, 0.25) is 5.91 Å². The zero-order chi connectivity index (χ0) is 26.0. The molecule has 37 heavy (non-hydrogen) atoms. The van der Waals surface area contributed by atoms with Crippen molar-refractivity contribution in [3.8, 4) is 0 Å². The van der Waals surface area contributed by atoms with Crippen LogP contribution in [0, 0.1) is 0 Å². The van der Waals surface area contributed by atoms with E-state index in [9.17, 15) is 14.4 Å². The van der Waals surface area contributed by atoms with Crippen LogP contribution in [0.15, 0.2) is 109 Å². The molecule has 4 rings (SSSR count). The van der Waals surface area contributed by atoms with Gasteiger partial charge in [0, 0.05) is 28.2 Å². The van der Waals surface area contributed by atoms with Crippen LogP contribution in [0.3, 0.4) is 0 Å². The predicted octanol–water partition coefficient (Wildman–Crippen LogP) is 5.48. The van der Waals surface area contributed by atoms with E-state index in [-0.39, 0.29) is 30.3 Å². The number of hydrogen-bond acceptors (Lipinski definition) is 4. The van der Waals surface area contributed by atoms with Gasteiger partial charge in [0.25, 0.3) is 11.8 Å². The Balaban J connectivity index is 1.30. The van der Waals surface area contributed by atoms with Crippen LogP contribution >= 0.6 is 0 Å². The quantitative estimate of drug-likeness (QED) is 0.249. The third-order valence-electron chi connectivity index (χ3n) is 5.67. The summed E-state index contributed by atoms with van der Waals surface area (Å²) in [6.45, 7) is 1.93. The van der Waals surface area contributed by atoms with E-state index in [1.165, 1.54) is 0 Å². The molecule has 4 aromatic rings. The third-order valence-corrected chi connectivity index (χ3v) is 5.67. The van der Waals surface area contributed by atoms with Gasteiger partial charge in [-0.25, -0.2) is 0 Å². The molecule has 0 spiro atoms. The Kier molecular flexibility index (Phi) is 8.29. The maximum absolute atomic E-state index is 12.7. The van der Waals surface area contributed by atoms with E-state index in [1.54, 1.807) is 66.7 Å². The molecule has 0 aliphatic carbocycles. The van der Waals surface area contributed by atoms with Crippen molar-refractivity contribution in [1.29, 1.82) is 0 Å². The van der Waals surface area contributed by atoms with Crippen LogP contribution in [0.4, 0.5) is 17.1 Å². The number of anilines is 3. The van der Waals surface area contributed by atoms with E-state index < -0.39 is 0 Å². The molecule has 0 saturated heterocycles. The lowest BCUT2D eigenvalue weighted by Gasteiger charge is -2.15. The van der Waals surface area contributed by atoms with Gasteiger partial charge in [0.05, 0.1) is 12.6 Å². The number of benzene rings is 4. The molecule has 4 N–H and O–H groups in total. The lowest BCUT2D eigenvalue weighted by Crippen LogP contribution is -2.27. The number of rotatable bonds is 9. The topological polar surface area (TPSA) is 99.3 Å². The fourth-order valence-corrected chi connectivity index (χ4v) is 3.73. The van der Waals surface area contributed by atoms with E-state index in [4.69, 9.17) is 0 Å². The molecule has 186 valence electrons. The Labute approximate surface area is 215 Å². The highest BCUT2D eigenvalue weighted by atomic mass is 16.2. The van der Waals surface area contributed by atoms with Crippen molar-refractivity contribution in [1.82, 2.24) is 5.32 Å². The van der Waals surface area contributed by atoms with Gasteiger partial charge >= 0.3 is 0 Å². The Bertz CT molecular complexity index is 1370. The van der Waals surface area contributed by atoms with Crippen LogP contribution in [-0.4, -0.2) is 24.3 Å². The minimum atomic E-state index is -0.270. The van der Waals surface area contributed by atoms with E-state index in [2.05, 4.69) is 21.3 Å². The number of carbonyl (C=O) groups is 3. The summed E-state index contributed by atoms with van der Waals surface area (Å²) in [7, 11) is 0. The second-order valence-electron chi connectivity index (χ2n) is 8.49. The second-order valence-corrected chi connectivity index (χ2v) is 8.49. The van der Waals surface area contributed by atoms with Crippen LogP contribution in [-0.2, 0) is 4.79 Å². The SMILES string of the molecule is CC(NC(=O)c1cccc(NC(=O)CNc2cccc(NC(=O)c3ccccc3)c2)c1)c1ccccc1. The molecule has 0 radical (unpaired) electrons. The van der Waals surface area contributed by atoms with Crippen molar-refractivity contribution in [3.63, 3.8) is 0 Å². The first-order valence-corrected chi connectivity index (χ1v) is 11.9. The summed E-state index contributed by atoms with van der Waals surface area (Å²) in [4.78, 5) is 37.6. The van der Waals surface area contributed by atoms with Crippen LogP contribution in [0.1, 0.15) is 39.2 Å². The van der Waals surface area contributed by atoms with Gasteiger partial charge in [-0.15, -0.1) is 0 Å². The van der Waals surface area contributed by atoms with Crippen molar-refractivity contribution >= 4 is 34.8 Å². The normalized spacial score (nSPS) is 11.2. The highest BCUT2D eigenvalue weighted by Gasteiger charge is 2.12. The summed E-state index contributed by atoms with van der Waals surface area (Å²) in [6.07, 6.45) is 0. The van der Waals surface area contributed by atoms with Crippen molar-refractivity contribution in [3.05, 3.63) is 126 Å². The molecule has 0 bridgehead atoms. The zero-order valence-electron chi connectivity index (χ0n) is 20.4. The summed E-state index contributed by atoms with van der Waals surface area (Å²) in [5, 5.41) is 11.7. The molecular weight excluding hydrogens is 464 g/mol. The molecule has 0 fully saturated rings. The maximum Gasteiger partial charge on any atom is 0.255 e. The summed E-state index contributed by atoms with van der Waals surface area (Å²) in [5.41, 5.74) is 3.85. The Hall–Kier alpha value is -4.91. The van der Waals surface area contributed by atoms with E-state index >= 15 is 0 Å². The molecule has 0 saturated carbocycles. The molecule has 0 heterocycles. The molecule has 0 aliphatic heterocycles. The number of hydrogen-bond donors (Lipinski definition) is 4. The van der Waals surface area contributed by atoms with Crippen molar-refractivity contribution in [2.45, 2.75) is 13.0 Å². The molecule has 0 aliphatic rings.